The van der Waals surface area contributed by atoms with Crippen molar-refractivity contribution < 1.29 is 13.2 Å². The second-order valence-electron chi connectivity index (χ2n) is 5.49. The summed E-state index contributed by atoms with van der Waals surface area (Å²) in [4.78, 5) is 2.40. The molecule has 0 aromatic heterocycles. The second kappa shape index (κ2) is 8.89. The molecule has 1 aliphatic heterocycles. The first-order valence-electron chi connectivity index (χ1n) is 7.11. The molecule has 5 nitrogen and oxygen atoms in total. The topological polar surface area (TPSA) is 58.6 Å². The SMILES string of the molecule is COCCNCC1CCCN(CCCS(C)(=O)=O)C1. The van der Waals surface area contributed by atoms with Crippen molar-refractivity contribution in [1.29, 1.82) is 0 Å². The van der Waals surface area contributed by atoms with Crippen LogP contribution in [0.4, 0.5) is 0 Å². The van der Waals surface area contributed by atoms with Gasteiger partial charge in [0.2, 0.25) is 0 Å². The van der Waals surface area contributed by atoms with Gasteiger partial charge >= 0.3 is 0 Å². The lowest BCUT2D eigenvalue weighted by Gasteiger charge is -2.32. The largest absolute Gasteiger partial charge is 0.383 e. The van der Waals surface area contributed by atoms with Crippen molar-refractivity contribution in [2.24, 2.45) is 5.92 Å². The van der Waals surface area contributed by atoms with Crippen LogP contribution in [0, 0.1) is 5.92 Å². The van der Waals surface area contributed by atoms with Crippen LogP contribution >= 0.6 is 0 Å². The van der Waals surface area contributed by atoms with Crippen LogP contribution in [0.15, 0.2) is 0 Å². The van der Waals surface area contributed by atoms with Crippen molar-refractivity contribution >= 4 is 9.84 Å². The lowest BCUT2D eigenvalue weighted by Crippen LogP contribution is -2.40. The van der Waals surface area contributed by atoms with Crippen molar-refractivity contribution in [1.82, 2.24) is 10.2 Å². The summed E-state index contributed by atoms with van der Waals surface area (Å²) >= 11 is 0. The van der Waals surface area contributed by atoms with Crippen LogP contribution in [-0.2, 0) is 14.6 Å². The molecule has 1 saturated heterocycles. The average molecular weight is 292 g/mol. The maximum Gasteiger partial charge on any atom is 0.147 e. The molecule has 1 atom stereocenters. The summed E-state index contributed by atoms with van der Waals surface area (Å²) in [5, 5.41) is 3.41. The van der Waals surface area contributed by atoms with Gasteiger partial charge < -0.3 is 15.0 Å². The first-order valence-corrected chi connectivity index (χ1v) is 9.17. The fourth-order valence-corrected chi connectivity index (χ4v) is 3.21. The van der Waals surface area contributed by atoms with Gasteiger partial charge in [-0.25, -0.2) is 8.42 Å². The van der Waals surface area contributed by atoms with Crippen LogP contribution in [-0.4, -0.2) is 71.8 Å². The quantitative estimate of drug-likeness (QED) is 0.622. The number of nitrogens with one attached hydrogen (secondary N) is 1. The zero-order chi connectivity index (χ0) is 14.1. The summed E-state index contributed by atoms with van der Waals surface area (Å²) in [5.74, 6) is 0.990. The fraction of sp³-hybridized carbons (Fsp3) is 1.00. The smallest absolute Gasteiger partial charge is 0.147 e. The molecule has 1 fully saturated rings. The minimum Gasteiger partial charge on any atom is -0.383 e. The highest BCUT2D eigenvalue weighted by Crippen LogP contribution is 2.15. The first-order chi connectivity index (χ1) is 9.01. The number of hydrogen-bond donors (Lipinski definition) is 1. The van der Waals surface area contributed by atoms with Crippen molar-refractivity contribution in [2.45, 2.75) is 19.3 Å². The molecule has 6 heteroatoms. The molecule has 0 bridgehead atoms. The number of likely N-dealkylation sites (tertiary alicyclic amines) is 1. The molecule has 1 unspecified atom stereocenters. The highest BCUT2D eigenvalue weighted by molar-refractivity contribution is 7.90. The molecular formula is C13H28N2O3S. The monoisotopic (exact) mass is 292 g/mol. The van der Waals surface area contributed by atoms with Gasteiger partial charge in [-0.05, 0) is 44.8 Å². The third-order valence-electron chi connectivity index (χ3n) is 3.51. The molecular weight excluding hydrogens is 264 g/mol. The standard InChI is InChI=1S/C13H28N2O3S/c1-18-9-6-14-11-13-5-3-7-15(12-13)8-4-10-19(2,16)17/h13-14H,3-12H2,1-2H3. The van der Waals surface area contributed by atoms with Crippen molar-refractivity contribution in [3.63, 3.8) is 0 Å². The Morgan fingerprint density at radius 3 is 2.89 bits per heavy atom. The Bertz CT molecular complexity index is 333. The minimum atomic E-state index is -2.81. The zero-order valence-electron chi connectivity index (χ0n) is 12.2. The van der Waals surface area contributed by atoms with Gasteiger partial charge in [-0.1, -0.05) is 0 Å². The Morgan fingerprint density at radius 2 is 2.21 bits per heavy atom. The van der Waals surface area contributed by atoms with E-state index in [1.807, 2.05) is 0 Å². The number of ether oxygens (including phenoxy) is 1. The predicted octanol–water partition coefficient (Wildman–Crippen LogP) is 0.369. The zero-order valence-corrected chi connectivity index (χ0v) is 13.0. The van der Waals surface area contributed by atoms with Gasteiger partial charge in [-0.15, -0.1) is 0 Å². The summed E-state index contributed by atoms with van der Waals surface area (Å²) in [6.45, 7) is 5.79. The Kier molecular flexibility index (Phi) is 7.90. The molecule has 1 rings (SSSR count). The molecule has 114 valence electrons. The summed E-state index contributed by atoms with van der Waals surface area (Å²) < 4.78 is 27.2. The summed E-state index contributed by atoms with van der Waals surface area (Å²) in [6, 6.07) is 0. The summed E-state index contributed by atoms with van der Waals surface area (Å²) in [6.07, 6.45) is 4.55. The normalized spacial score (nSPS) is 21.7. The molecule has 0 aromatic carbocycles. The first kappa shape index (κ1) is 16.9. The van der Waals surface area contributed by atoms with Crippen LogP contribution in [0.1, 0.15) is 19.3 Å². The van der Waals surface area contributed by atoms with E-state index in [1.54, 1.807) is 7.11 Å². The van der Waals surface area contributed by atoms with E-state index in [4.69, 9.17) is 4.74 Å². The van der Waals surface area contributed by atoms with E-state index in [2.05, 4.69) is 10.2 Å². The van der Waals surface area contributed by atoms with E-state index in [0.717, 1.165) is 45.8 Å². The highest BCUT2D eigenvalue weighted by atomic mass is 32.2. The number of piperidine rings is 1. The van der Waals surface area contributed by atoms with Crippen LogP contribution < -0.4 is 5.32 Å². The van der Waals surface area contributed by atoms with Gasteiger partial charge in [-0.2, -0.15) is 0 Å². The van der Waals surface area contributed by atoms with E-state index < -0.39 is 9.84 Å². The Balaban J connectivity index is 2.15. The Hall–Kier alpha value is -0.170. The minimum absolute atomic E-state index is 0.306. The van der Waals surface area contributed by atoms with Crippen LogP contribution in [0.3, 0.4) is 0 Å². The predicted molar refractivity (Wildman–Crippen MR) is 78.2 cm³/mol. The van der Waals surface area contributed by atoms with Crippen molar-refractivity contribution in [3.05, 3.63) is 0 Å². The molecule has 1 N–H and O–H groups in total. The van der Waals surface area contributed by atoms with Gasteiger partial charge in [0.05, 0.1) is 12.4 Å². The van der Waals surface area contributed by atoms with E-state index in [0.29, 0.717) is 11.7 Å². The third-order valence-corrected chi connectivity index (χ3v) is 4.54. The maximum absolute atomic E-state index is 11.1. The molecule has 1 aliphatic rings. The molecule has 1 heterocycles. The van der Waals surface area contributed by atoms with E-state index in [-0.39, 0.29) is 0 Å². The molecule has 0 aromatic rings. The van der Waals surface area contributed by atoms with E-state index in [9.17, 15) is 8.42 Å². The van der Waals surface area contributed by atoms with Gasteiger partial charge in [0.25, 0.3) is 0 Å². The van der Waals surface area contributed by atoms with Crippen LogP contribution in [0.5, 0.6) is 0 Å². The summed E-state index contributed by atoms with van der Waals surface area (Å²) in [5.41, 5.74) is 0. The van der Waals surface area contributed by atoms with Crippen LogP contribution in [0.25, 0.3) is 0 Å². The van der Waals surface area contributed by atoms with Gasteiger partial charge in [0.1, 0.15) is 9.84 Å². The Morgan fingerprint density at radius 1 is 1.42 bits per heavy atom. The number of methoxy groups -OCH3 is 1. The third kappa shape index (κ3) is 8.57. The lowest BCUT2D eigenvalue weighted by atomic mass is 9.98. The van der Waals surface area contributed by atoms with Crippen molar-refractivity contribution in [2.75, 3.05) is 58.4 Å². The number of nitrogens with zero attached hydrogens (tertiary/aromatic N) is 1. The molecule has 0 radical (unpaired) electrons. The second-order valence-corrected chi connectivity index (χ2v) is 7.75. The molecule has 0 aliphatic carbocycles. The van der Waals surface area contributed by atoms with E-state index >= 15 is 0 Å². The van der Waals surface area contributed by atoms with Crippen LogP contribution in [0.2, 0.25) is 0 Å². The lowest BCUT2D eigenvalue weighted by molar-refractivity contribution is 0.165. The Labute approximate surface area is 117 Å². The molecule has 0 amide bonds. The van der Waals surface area contributed by atoms with Gasteiger partial charge in [0, 0.05) is 26.5 Å². The van der Waals surface area contributed by atoms with Gasteiger partial charge in [0.15, 0.2) is 0 Å². The fourth-order valence-electron chi connectivity index (χ4n) is 2.55. The average Bonchev–Trinajstić information content (AvgIpc) is 2.34. The number of hydrogen-bond acceptors (Lipinski definition) is 5. The molecule has 19 heavy (non-hydrogen) atoms. The molecule has 0 spiro atoms. The molecule has 0 saturated carbocycles. The van der Waals surface area contributed by atoms with E-state index in [1.165, 1.54) is 19.1 Å². The number of sulfone groups is 1. The van der Waals surface area contributed by atoms with Crippen molar-refractivity contribution in [3.8, 4) is 0 Å². The number of rotatable bonds is 9. The highest BCUT2D eigenvalue weighted by Gasteiger charge is 2.19. The van der Waals surface area contributed by atoms with Gasteiger partial charge in [-0.3, -0.25) is 0 Å². The summed E-state index contributed by atoms with van der Waals surface area (Å²) in [7, 11) is -1.10. The maximum atomic E-state index is 11.1.